The predicted octanol–water partition coefficient (Wildman–Crippen LogP) is 2.77. The molecule has 2 rings (SSSR count). The van der Waals surface area contributed by atoms with Crippen LogP contribution in [0.4, 0.5) is 14.5 Å². The first-order valence-electron chi connectivity index (χ1n) is 9.86. The molecule has 0 spiro atoms. The normalized spacial score (nSPS) is 16.8. The highest BCUT2D eigenvalue weighted by Gasteiger charge is 2.25. The SMILES string of the molecule is CN=C(NCCCCCC(=O)OC)NC1CCN(c2ccccc2OC(F)F)C1. The monoisotopic (exact) mass is 412 g/mol. The molecule has 9 heteroatoms. The predicted molar refractivity (Wildman–Crippen MR) is 109 cm³/mol. The van der Waals surface area contributed by atoms with Crippen molar-refractivity contribution in [2.45, 2.75) is 44.8 Å². The third kappa shape index (κ3) is 7.75. The standard InChI is InChI=1S/C20H30F2N4O3/c1-23-20(24-12-7-3-4-10-18(27)28-2)25-15-11-13-26(14-15)16-8-5-6-9-17(16)29-19(21)22/h5-6,8-9,15,19H,3-4,7,10-14H2,1-2H3,(H2,23,24,25). The van der Waals surface area contributed by atoms with E-state index in [1.54, 1.807) is 25.2 Å². The van der Waals surface area contributed by atoms with E-state index >= 15 is 0 Å². The number of nitrogens with one attached hydrogen (secondary N) is 2. The van der Waals surface area contributed by atoms with E-state index < -0.39 is 6.61 Å². The number of guanidine groups is 1. The molecule has 1 atom stereocenters. The number of anilines is 1. The minimum absolute atomic E-state index is 0.153. The van der Waals surface area contributed by atoms with Gasteiger partial charge in [0.05, 0.1) is 12.8 Å². The van der Waals surface area contributed by atoms with Gasteiger partial charge in [-0.15, -0.1) is 0 Å². The van der Waals surface area contributed by atoms with E-state index in [0.717, 1.165) is 38.8 Å². The Kier molecular flexibility index (Phi) is 9.46. The summed E-state index contributed by atoms with van der Waals surface area (Å²) in [6, 6.07) is 7.00. The molecule has 1 aromatic rings. The molecule has 0 radical (unpaired) electrons. The lowest BCUT2D eigenvalue weighted by atomic mass is 10.2. The molecule has 1 aliphatic heterocycles. The first kappa shape index (κ1) is 22.7. The van der Waals surface area contributed by atoms with E-state index in [-0.39, 0.29) is 17.8 Å². The summed E-state index contributed by atoms with van der Waals surface area (Å²) in [7, 11) is 3.11. The zero-order chi connectivity index (χ0) is 21.1. The second-order valence-corrected chi connectivity index (χ2v) is 6.81. The van der Waals surface area contributed by atoms with E-state index in [9.17, 15) is 13.6 Å². The van der Waals surface area contributed by atoms with Crippen LogP contribution in [0.1, 0.15) is 32.1 Å². The van der Waals surface area contributed by atoms with Crippen LogP contribution in [0.3, 0.4) is 0 Å². The minimum Gasteiger partial charge on any atom is -0.469 e. The van der Waals surface area contributed by atoms with Gasteiger partial charge in [-0.25, -0.2) is 0 Å². The number of carbonyl (C=O) groups excluding carboxylic acids is 1. The van der Waals surface area contributed by atoms with Crippen LogP contribution in [-0.2, 0) is 9.53 Å². The Labute approximate surface area is 170 Å². The molecule has 162 valence electrons. The van der Waals surface area contributed by atoms with E-state index in [1.807, 2.05) is 11.0 Å². The second kappa shape index (κ2) is 12.1. The van der Waals surface area contributed by atoms with Gasteiger partial charge in [0, 0.05) is 39.1 Å². The van der Waals surface area contributed by atoms with E-state index in [2.05, 4.69) is 25.1 Å². The van der Waals surface area contributed by atoms with Gasteiger partial charge < -0.3 is 25.0 Å². The number of alkyl halides is 2. The quantitative estimate of drug-likeness (QED) is 0.266. The van der Waals surface area contributed by atoms with Gasteiger partial charge >= 0.3 is 12.6 Å². The molecule has 0 amide bonds. The van der Waals surface area contributed by atoms with Crippen molar-refractivity contribution in [1.29, 1.82) is 0 Å². The lowest BCUT2D eigenvalue weighted by Gasteiger charge is -2.22. The number of nitrogens with zero attached hydrogens (tertiary/aromatic N) is 2. The molecule has 1 fully saturated rings. The average Bonchev–Trinajstić information content (AvgIpc) is 3.17. The number of aliphatic imine (C=N–C) groups is 1. The molecule has 0 aliphatic carbocycles. The molecular weight excluding hydrogens is 382 g/mol. The lowest BCUT2D eigenvalue weighted by Crippen LogP contribution is -2.44. The summed E-state index contributed by atoms with van der Waals surface area (Å²) in [5.41, 5.74) is 0.672. The zero-order valence-corrected chi connectivity index (χ0v) is 17.0. The highest BCUT2D eigenvalue weighted by atomic mass is 19.3. The Morgan fingerprint density at radius 2 is 2.10 bits per heavy atom. The molecule has 7 nitrogen and oxygen atoms in total. The molecule has 29 heavy (non-hydrogen) atoms. The summed E-state index contributed by atoms with van der Waals surface area (Å²) in [6.07, 6.45) is 3.96. The third-order valence-corrected chi connectivity index (χ3v) is 4.75. The summed E-state index contributed by atoms with van der Waals surface area (Å²) >= 11 is 0. The number of benzene rings is 1. The van der Waals surface area contributed by atoms with Crippen molar-refractivity contribution in [3.63, 3.8) is 0 Å². The Morgan fingerprint density at radius 3 is 2.83 bits per heavy atom. The van der Waals surface area contributed by atoms with Crippen LogP contribution in [0, 0.1) is 0 Å². The number of hydrogen-bond acceptors (Lipinski definition) is 5. The highest BCUT2D eigenvalue weighted by Crippen LogP contribution is 2.31. The van der Waals surface area contributed by atoms with Gasteiger partial charge in [-0.1, -0.05) is 18.6 Å². The van der Waals surface area contributed by atoms with Crippen molar-refractivity contribution < 1.29 is 23.0 Å². The fourth-order valence-corrected chi connectivity index (χ4v) is 3.28. The van der Waals surface area contributed by atoms with Crippen LogP contribution >= 0.6 is 0 Å². The van der Waals surface area contributed by atoms with Gasteiger partial charge in [0.2, 0.25) is 0 Å². The van der Waals surface area contributed by atoms with Crippen LogP contribution < -0.4 is 20.3 Å². The molecule has 0 bridgehead atoms. The Hall–Kier alpha value is -2.58. The number of methoxy groups -OCH3 is 1. The van der Waals surface area contributed by atoms with Gasteiger partial charge in [-0.2, -0.15) is 8.78 Å². The maximum Gasteiger partial charge on any atom is 0.387 e. The van der Waals surface area contributed by atoms with Crippen molar-refractivity contribution in [2.75, 3.05) is 38.7 Å². The topological polar surface area (TPSA) is 75.2 Å². The van der Waals surface area contributed by atoms with Crippen LogP contribution in [0.5, 0.6) is 5.75 Å². The summed E-state index contributed by atoms with van der Waals surface area (Å²) in [5, 5.41) is 6.65. The van der Waals surface area contributed by atoms with Crippen molar-refractivity contribution in [2.24, 2.45) is 4.99 Å². The lowest BCUT2D eigenvalue weighted by molar-refractivity contribution is -0.140. The van der Waals surface area contributed by atoms with E-state index in [0.29, 0.717) is 24.6 Å². The molecule has 0 saturated carbocycles. The number of halogens is 2. The molecular formula is C20H30F2N4O3. The largest absolute Gasteiger partial charge is 0.469 e. The van der Waals surface area contributed by atoms with Crippen LogP contribution in [0.25, 0.3) is 0 Å². The smallest absolute Gasteiger partial charge is 0.387 e. The maximum absolute atomic E-state index is 12.6. The first-order valence-corrected chi connectivity index (χ1v) is 9.86. The van der Waals surface area contributed by atoms with E-state index in [1.165, 1.54) is 7.11 Å². The van der Waals surface area contributed by atoms with Gasteiger partial charge in [0.15, 0.2) is 5.96 Å². The van der Waals surface area contributed by atoms with Crippen molar-refractivity contribution in [3.8, 4) is 5.75 Å². The zero-order valence-electron chi connectivity index (χ0n) is 17.0. The number of para-hydroxylation sites is 2. The van der Waals surface area contributed by atoms with Gasteiger partial charge in [-0.3, -0.25) is 9.79 Å². The highest BCUT2D eigenvalue weighted by molar-refractivity contribution is 5.80. The number of unbranched alkanes of at least 4 members (excludes halogenated alkanes) is 2. The molecule has 0 aromatic heterocycles. The molecule has 2 N–H and O–H groups in total. The number of esters is 1. The maximum atomic E-state index is 12.6. The molecule has 1 heterocycles. The summed E-state index contributed by atoms with van der Waals surface area (Å²) in [6.45, 7) is -0.680. The fourth-order valence-electron chi connectivity index (χ4n) is 3.28. The first-order chi connectivity index (χ1) is 14.0. The molecule has 1 unspecified atom stereocenters. The van der Waals surface area contributed by atoms with Crippen molar-refractivity contribution >= 4 is 17.6 Å². The number of ether oxygens (including phenoxy) is 2. The molecule has 1 saturated heterocycles. The number of rotatable bonds is 10. The average molecular weight is 412 g/mol. The Bertz CT molecular complexity index is 673. The van der Waals surface area contributed by atoms with Gasteiger partial charge in [0.25, 0.3) is 0 Å². The number of hydrogen-bond donors (Lipinski definition) is 2. The minimum atomic E-state index is -2.84. The molecule has 1 aromatic carbocycles. The number of carbonyl (C=O) groups is 1. The van der Waals surface area contributed by atoms with Gasteiger partial charge in [-0.05, 0) is 31.4 Å². The Balaban J connectivity index is 1.75. The second-order valence-electron chi connectivity index (χ2n) is 6.81. The van der Waals surface area contributed by atoms with Crippen LogP contribution in [0.15, 0.2) is 29.3 Å². The van der Waals surface area contributed by atoms with Crippen molar-refractivity contribution in [3.05, 3.63) is 24.3 Å². The Morgan fingerprint density at radius 1 is 1.31 bits per heavy atom. The van der Waals surface area contributed by atoms with E-state index in [4.69, 9.17) is 0 Å². The van der Waals surface area contributed by atoms with Crippen LogP contribution in [-0.4, -0.2) is 58.4 Å². The van der Waals surface area contributed by atoms with Gasteiger partial charge in [0.1, 0.15) is 5.75 Å². The summed E-state index contributed by atoms with van der Waals surface area (Å²) < 4.78 is 34.5. The van der Waals surface area contributed by atoms with Crippen molar-refractivity contribution in [1.82, 2.24) is 10.6 Å². The molecule has 1 aliphatic rings. The fraction of sp³-hybridized carbons (Fsp3) is 0.600. The summed E-state index contributed by atoms with van der Waals surface area (Å²) in [5.74, 6) is 0.723. The van der Waals surface area contributed by atoms with Crippen LogP contribution in [0.2, 0.25) is 0 Å². The third-order valence-electron chi connectivity index (χ3n) is 4.75. The summed E-state index contributed by atoms with van der Waals surface area (Å²) in [4.78, 5) is 17.4.